The Labute approximate surface area is 121 Å². The van der Waals surface area contributed by atoms with Crippen molar-refractivity contribution in [2.75, 3.05) is 30.0 Å². The summed E-state index contributed by atoms with van der Waals surface area (Å²) in [5.74, 6) is -2.52. The van der Waals surface area contributed by atoms with Crippen molar-refractivity contribution in [3.63, 3.8) is 0 Å². The SMILES string of the molecule is CN(C)c1ccccc1NC(=O)c1cc(F)c(N)c(F)c1. The molecule has 0 heterocycles. The van der Waals surface area contributed by atoms with Gasteiger partial charge in [-0.05, 0) is 24.3 Å². The summed E-state index contributed by atoms with van der Waals surface area (Å²) in [5, 5.41) is 2.63. The number of rotatable bonds is 3. The minimum absolute atomic E-state index is 0.132. The maximum absolute atomic E-state index is 13.4. The van der Waals surface area contributed by atoms with E-state index in [9.17, 15) is 13.6 Å². The summed E-state index contributed by atoms with van der Waals surface area (Å²) in [6, 6.07) is 8.93. The van der Waals surface area contributed by atoms with Crippen LogP contribution in [0, 0.1) is 11.6 Å². The number of hydrogen-bond acceptors (Lipinski definition) is 3. The number of halogens is 2. The van der Waals surface area contributed by atoms with Gasteiger partial charge < -0.3 is 16.0 Å². The molecule has 110 valence electrons. The number of carbonyl (C=O) groups excluding carboxylic acids is 1. The van der Waals surface area contributed by atoms with Crippen LogP contribution in [0.25, 0.3) is 0 Å². The van der Waals surface area contributed by atoms with Crippen molar-refractivity contribution in [3.8, 4) is 0 Å². The molecule has 21 heavy (non-hydrogen) atoms. The van der Waals surface area contributed by atoms with Gasteiger partial charge in [0.05, 0.1) is 11.4 Å². The van der Waals surface area contributed by atoms with Gasteiger partial charge in [0.15, 0.2) is 0 Å². The Kier molecular flexibility index (Phi) is 4.07. The number of anilines is 3. The fourth-order valence-electron chi connectivity index (χ4n) is 1.88. The molecule has 0 fully saturated rings. The topological polar surface area (TPSA) is 58.4 Å². The maximum Gasteiger partial charge on any atom is 0.255 e. The van der Waals surface area contributed by atoms with Gasteiger partial charge in [0.25, 0.3) is 5.91 Å². The third-order valence-corrected chi connectivity index (χ3v) is 2.98. The normalized spacial score (nSPS) is 10.3. The number of hydrogen-bond donors (Lipinski definition) is 2. The summed E-state index contributed by atoms with van der Waals surface area (Å²) in [6.45, 7) is 0. The Morgan fingerprint density at radius 3 is 2.29 bits per heavy atom. The van der Waals surface area contributed by atoms with Crippen molar-refractivity contribution in [1.29, 1.82) is 0 Å². The Bertz CT molecular complexity index is 663. The van der Waals surface area contributed by atoms with Crippen molar-refractivity contribution in [2.24, 2.45) is 0 Å². The molecule has 0 saturated heterocycles. The van der Waals surface area contributed by atoms with Crippen LogP contribution in [0.4, 0.5) is 25.8 Å². The van der Waals surface area contributed by atoms with Gasteiger partial charge in [-0.3, -0.25) is 4.79 Å². The van der Waals surface area contributed by atoms with E-state index < -0.39 is 23.2 Å². The Morgan fingerprint density at radius 2 is 1.71 bits per heavy atom. The summed E-state index contributed by atoms with van der Waals surface area (Å²) >= 11 is 0. The number of nitrogens with two attached hydrogens (primary N) is 1. The van der Waals surface area contributed by atoms with Crippen molar-refractivity contribution < 1.29 is 13.6 Å². The van der Waals surface area contributed by atoms with Crippen LogP contribution in [0.5, 0.6) is 0 Å². The molecule has 0 atom stereocenters. The van der Waals surface area contributed by atoms with E-state index in [4.69, 9.17) is 5.73 Å². The highest BCUT2D eigenvalue weighted by Gasteiger charge is 2.14. The largest absolute Gasteiger partial charge is 0.394 e. The zero-order chi connectivity index (χ0) is 15.6. The van der Waals surface area contributed by atoms with E-state index in [1.54, 1.807) is 12.1 Å². The molecular formula is C15H15F2N3O. The van der Waals surface area contributed by atoms with E-state index in [2.05, 4.69) is 5.32 Å². The fraction of sp³-hybridized carbons (Fsp3) is 0.133. The number of nitrogen functional groups attached to an aromatic ring is 1. The molecule has 0 spiro atoms. The molecule has 6 heteroatoms. The second-order valence-corrected chi connectivity index (χ2v) is 4.72. The molecule has 0 bridgehead atoms. The first-order valence-electron chi connectivity index (χ1n) is 6.22. The quantitative estimate of drug-likeness (QED) is 0.855. The molecule has 0 radical (unpaired) electrons. The number of benzene rings is 2. The molecule has 3 N–H and O–H groups in total. The maximum atomic E-state index is 13.4. The second kappa shape index (κ2) is 5.78. The molecular weight excluding hydrogens is 276 g/mol. The van der Waals surface area contributed by atoms with Crippen LogP contribution >= 0.6 is 0 Å². The summed E-state index contributed by atoms with van der Waals surface area (Å²) in [7, 11) is 3.65. The minimum atomic E-state index is -0.957. The fourth-order valence-corrected chi connectivity index (χ4v) is 1.88. The van der Waals surface area contributed by atoms with Gasteiger partial charge >= 0.3 is 0 Å². The molecule has 0 aliphatic carbocycles. The molecule has 4 nitrogen and oxygen atoms in total. The molecule has 2 aromatic carbocycles. The van der Waals surface area contributed by atoms with Crippen LogP contribution in [0.15, 0.2) is 36.4 Å². The lowest BCUT2D eigenvalue weighted by molar-refractivity contribution is 0.102. The Balaban J connectivity index is 2.31. The van der Waals surface area contributed by atoms with Crippen molar-refractivity contribution in [3.05, 3.63) is 53.6 Å². The monoisotopic (exact) mass is 291 g/mol. The zero-order valence-electron chi connectivity index (χ0n) is 11.7. The lowest BCUT2D eigenvalue weighted by Crippen LogP contribution is -2.17. The van der Waals surface area contributed by atoms with Gasteiger partial charge in [-0.15, -0.1) is 0 Å². The predicted octanol–water partition coefficient (Wildman–Crippen LogP) is 2.87. The van der Waals surface area contributed by atoms with E-state index >= 15 is 0 Å². The van der Waals surface area contributed by atoms with E-state index in [0.29, 0.717) is 5.69 Å². The van der Waals surface area contributed by atoms with Gasteiger partial charge in [-0.25, -0.2) is 8.78 Å². The first-order valence-corrected chi connectivity index (χ1v) is 6.22. The summed E-state index contributed by atoms with van der Waals surface area (Å²) < 4.78 is 26.8. The third kappa shape index (κ3) is 3.10. The van der Waals surface area contributed by atoms with Gasteiger partial charge in [-0.1, -0.05) is 12.1 Å². The second-order valence-electron chi connectivity index (χ2n) is 4.72. The van der Waals surface area contributed by atoms with E-state index in [0.717, 1.165) is 17.8 Å². The molecule has 2 aromatic rings. The number of para-hydroxylation sites is 2. The van der Waals surface area contributed by atoms with Gasteiger partial charge in [0, 0.05) is 19.7 Å². The number of amides is 1. The average Bonchev–Trinajstić information content (AvgIpc) is 2.44. The molecule has 0 unspecified atom stereocenters. The van der Waals surface area contributed by atoms with Crippen LogP contribution in [0.3, 0.4) is 0 Å². The lowest BCUT2D eigenvalue weighted by atomic mass is 10.1. The van der Waals surface area contributed by atoms with Crippen LogP contribution in [-0.2, 0) is 0 Å². The van der Waals surface area contributed by atoms with Gasteiger partial charge in [0.2, 0.25) is 0 Å². The van der Waals surface area contributed by atoms with Crippen LogP contribution < -0.4 is 16.0 Å². The lowest BCUT2D eigenvalue weighted by Gasteiger charge is -2.17. The van der Waals surface area contributed by atoms with Crippen LogP contribution in [0.2, 0.25) is 0 Å². The van der Waals surface area contributed by atoms with Gasteiger partial charge in [0.1, 0.15) is 17.3 Å². The molecule has 0 aromatic heterocycles. The summed E-state index contributed by atoms with van der Waals surface area (Å²) in [4.78, 5) is 13.9. The smallest absolute Gasteiger partial charge is 0.255 e. The average molecular weight is 291 g/mol. The first kappa shape index (κ1) is 14.8. The number of nitrogens with one attached hydrogen (secondary N) is 1. The summed E-state index contributed by atoms with van der Waals surface area (Å²) in [6.07, 6.45) is 0. The van der Waals surface area contributed by atoms with E-state index in [-0.39, 0.29) is 5.56 Å². The highest BCUT2D eigenvalue weighted by molar-refractivity contribution is 6.06. The molecule has 1 amide bonds. The highest BCUT2D eigenvalue weighted by atomic mass is 19.1. The van der Waals surface area contributed by atoms with Crippen molar-refractivity contribution in [1.82, 2.24) is 0 Å². The number of carbonyl (C=O) groups is 1. The summed E-state index contributed by atoms with van der Waals surface area (Å²) in [5.41, 5.74) is 5.78. The van der Waals surface area contributed by atoms with Gasteiger partial charge in [-0.2, -0.15) is 0 Å². The van der Waals surface area contributed by atoms with Crippen LogP contribution in [-0.4, -0.2) is 20.0 Å². The minimum Gasteiger partial charge on any atom is -0.394 e. The Morgan fingerprint density at radius 1 is 1.14 bits per heavy atom. The van der Waals surface area contributed by atoms with E-state index in [1.807, 2.05) is 31.1 Å². The third-order valence-electron chi connectivity index (χ3n) is 2.98. The highest BCUT2D eigenvalue weighted by Crippen LogP contribution is 2.25. The molecule has 0 aliphatic rings. The van der Waals surface area contributed by atoms with Crippen molar-refractivity contribution in [2.45, 2.75) is 0 Å². The molecule has 2 rings (SSSR count). The predicted molar refractivity (Wildman–Crippen MR) is 79.5 cm³/mol. The standard InChI is InChI=1S/C15H15F2N3O/c1-20(2)13-6-4-3-5-12(13)19-15(21)9-7-10(16)14(18)11(17)8-9/h3-8H,18H2,1-2H3,(H,19,21). The van der Waals surface area contributed by atoms with Crippen molar-refractivity contribution >= 4 is 23.0 Å². The zero-order valence-corrected chi connectivity index (χ0v) is 11.7. The molecule has 0 saturated carbocycles. The van der Waals surface area contributed by atoms with Crippen LogP contribution in [0.1, 0.15) is 10.4 Å². The number of nitrogens with zero attached hydrogens (tertiary/aromatic N) is 1. The Hall–Kier alpha value is -2.63. The van der Waals surface area contributed by atoms with E-state index in [1.165, 1.54) is 0 Å². The first-order chi connectivity index (χ1) is 9.90. The molecule has 0 aliphatic heterocycles.